The number of rotatable bonds is 8. The monoisotopic (exact) mass is 376 g/mol. The number of amides is 1. The number of hydrogen-bond donors (Lipinski definition) is 1. The van der Waals surface area contributed by atoms with Crippen molar-refractivity contribution in [1.29, 1.82) is 0 Å². The van der Waals surface area contributed by atoms with Crippen LogP contribution in [0.25, 0.3) is 0 Å². The summed E-state index contributed by atoms with van der Waals surface area (Å²) in [4.78, 5) is 15.8. The summed E-state index contributed by atoms with van der Waals surface area (Å²) >= 11 is 3.70. The molecule has 1 N–H and O–H groups in total. The van der Waals surface area contributed by atoms with Gasteiger partial charge >= 0.3 is 0 Å². The van der Waals surface area contributed by atoms with Gasteiger partial charge < -0.3 is 9.73 Å². The number of nitrogens with one attached hydrogen (secondary N) is 1. The maximum absolute atomic E-state index is 12.2. The van der Waals surface area contributed by atoms with Gasteiger partial charge in [0.25, 0.3) is 0 Å². The first kappa shape index (κ1) is 18.4. The van der Waals surface area contributed by atoms with Gasteiger partial charge in [-0.15, -0.1) is 11.8 Å². The first-order valence-electron chi connectivity index (χ1n) is 8.62. The van der Waals surface area contributed by atoms with Crippen LogP contribution in [-0.2, 0) is 4.79 Å². The molecule has 4 nitrogen and oxygen atoms in total. The Morgan fingerprint density at radius 3 is 2.72 bits per heavy atom. The lowest BCUT2D eigenvalue weighted by Gasteiger charge is -2.33. The lowest BCUT2D eigenvalue weighted by Crippen LogP contribution is -2.42. The molecule has 0 saturated carbocycles. The van der Waals surface area contributed by atoms with Gasteiger partial charge in [0.1, 0.15) is 5.76 Å². The minimum atomic E-state index is 0.103. The molecule has 1 fully saturated rings. The number of nitrogens with zero attached hydrogens (tertiary/aromatic N) is 1. The zero-order valence-corrected chi connectivity index (χ0v) is 15.9. The molecule has 25 heavy (non-hydrogen) atoms. The molecule has 1 aliphatic heterocycles. The molecular formula is C19H24N2O2S2. The Morgan fingerprint density at radius 1 is 1.20 bits per heavy atom. The second-order valence-corrected chi connectivity index (χ2v) is 8.29. The van der Waals surface area contributed by atoms with Crippen molar-refractivity contribution in [2.45, 2.75) is 17.4 Å². The quantitative estimate of drug-likeness (QED) is 0.712. The smallest absolute Gasteiger partial charge is 0.220 e. The lowest BCUT2D eigenvalue weighted by atomic mass is 10.2. The van der Waals surface area contributed by atoms with E-state index in [1.807, 2.05) is 42.1 Å². The number of thioether (sulfide) groups is 2. The Hall–Kier alpha value is -1.37. The third-order valence-corrected chi connectivity index (χ3v) is 6.15. The van der Waals surface area contributed by atoms with Crippen molar-refractivity contribution >= 4 is 29.4 Å². The summed E-state index contributed by atoms with van der Waals surface area (Å²) < 4.78 is 5.62. The average Bonchev–Trinajstić information content (AvgIpc) is 3.18. The van der Waals surface area contributed by atoms with Crippen molar-refractivity contribution in [2.75, 3.05) is 36.9 Å². The fourth-order valence-corrected chi connectivity index (χ4v) is 4.66. The van der Waals surface area contributed by atoms with Crippen LogP contribution in [0.4, 0.5) is 0 Å². The van der Waals surface area contributed by atoms with Crippen LogP contribution in [0.3, 0.4) is 0 Å². The van der Waals surface area contributed by atoms with E-state index in [1.165, 1.54) is 4.90 Å². The van der Waals surface area contributed by atoms with Crippen LogP contribution in [-0.4, -0.2) is 47.7 Å². The van der Waals surface area contributed by atoms with Crippen LogP contribution in [0, 0.1) is 0 Å². The average molecular weight is 377 g/mol. The summed E-state index contributed by atoms with van der Waals surface area (Å²) in [5.41, 5.74) is 0. The van der Waals surface area contributed by atoms with E-state index >= 15 is 0 Å². The fourth-order valence-electron chi connectivity index (χ4n) is 2.86. The Kier molecular flexibility index (Phi) is 7.33. The van der Waals surface area contributed by atoms with Crippen LogP contribution >= 0.6 is 23.5 Å². The zero-order valence-electron chi connectivity index (χ0n) is 14.2. The normalized spacial score (nSPS) is 16.5. The number of carbonyl (C=O) groups is 1. The van der Waals surface area contributed by atoms with Crippen LogP contribution < -0.4 is 5.32 Å². The number of hydrogen-bond acceptors (Lipinski definition) is 5. The van der Waals surface area contributed by atoms with E-state index in [0.29, 0.717) is 13.0 Å². The van der Waals surface area contributed by atoms with Crippen LogP contribution in [0.5, 0.6) is 0 Å². The highest BCUT2D eigenvalue weighted by atomic mass is 32.2. The van der Waals surface area contributed by atoms with Gasteiger partial charge in [-0.2, -0.15) is 11.8 Å². The Labute approximate surface area is 157 Å². The first-order chi connectivity index (χ1) is 12.3. The number of carbonyl (C=O) groups excluding carboxylic acids is 1. The van der Waals surface area contributed by atoms with Gasteiger partial charge in [-0.25, -0.2) is 0 Å². The van der Waals surface area contributed by atoms with Crippen LogP contribution in [0.2, 0.25) is 0 Å². The summed E-state index contributed by atoms with van der Waals surface area (Å²) in [6.07, 6.45) is 2.24. The highest BCUT2D eigenvalue weighted by Crippen LogP contribution is 2.24. The maximum Gasteiger partial charge on any atom is 0.220 e. The van der Waals surface area contributed by atoms with Crippen molar-refractivity contribution < 1.29 is 9.21 Å². The van der Waals surface area contributed by atoms with Gasteiger partial charge in [-0.1, -0.05) is 18.2 Å². The van der Waals surface area contributed by atoms with Crippen LogP contribution in [0.1, 0.15) is 18.2 Å². The Balaban J connectivity index is 1.46. The molecular weight excluding hydrogens is 352 g/mol. The van der Waals surface area contributed by atoms with Gasteiger partial charge in [-0.05, 0) is 24.3 Å². The van der Waals surface area contributed by atoms with Crippen molar-refractivity contribution in [3.05, 3.63) is 54.5 Å². The molecule has 1 atom stereocenters. The van der Waals surface area contributed by atoms with Crippen molar-refractivity contribution in [1.82, 2.24) is 10.2 Å². The second kappa shape index (κ2) is 9.94. The standard InChI is InChI=1S/C19H24N2O2S2/c22-19(8-12-25-16-5-2-1-3-6-16)20-15-17(18-7-4-11-23-18)21-9-13-24-14-10-21/h1-7,11,17H,8-10,12-15H2,(H,20,22)/t17-/m1/s1. The van der Waals surface area contributed by atoms with E-state index in [1.54, 1.807) is 18.0 Å². The predicted octanol–water partition coefficient (Wildman–Crippen LogP) is 3.67. The van der Waals surface area contributed by atoms with E-state index in [4.69, 9.17) is 4.42 Å². The summed E-state index contributed by atoms with van der Waals surface area (Å²) in [6.45, 7) is 2.68. The molecule has 6 heteroatoms. The summed E-state index contributed by atoms with van der Waals surface area (Å²) in [5.74, 6) is 4.11. The predicted molar refractivity (Wildman–Crippen MR) is 105 cm³/mol. The van der Waals surface area contributed by atoms with Gasteiger partial charge in [-0.3, -0.25) is 9.69 Å². The topological polar surface area (TPSA) is 45.5 Å². The van der Waals surface area contributed by atoms with Gasteiger partial charge in [0.05, 0.1) is 12.3 Å². The van der Waals surface area contributed by atoms with Gasteiger partial charge in [0.2, 0.25) is 5.91 Å². The summed E-state index contributed by atoms with van der Waals surface area (Å²) in [7, 11) is 0. The molecule has 0 bridgehead atoms. The van der Waals surface area contributed by atoms with Crippen molar-refractivity contribution in [3.63, 3.8) is 0 Å². The summed E-state index contributed by atoms with van der Waals surface area (Å²) in [6, 6.07) is 14.2. The number of furan rings is 1. The lowest BCUT2D eigenvalue weighted by molar-refractivity contribution is -0.120. The van der Waals surface area contributed by atoms with E-state index in [-0.39, 0.29) is 11.9 Å². The zero-order chi connectivity index (χ0) is 17.3. The molecule has 2 heterocycles. The molecule has 0 spiro atoms. The maximum atomic E-state index is 12.2. The van der Waals surface area contributed by atoms with Crippen molar-refractivity contribution in [3.8, 4) is 0 Å². The highest BCUT2D eigenvalue weighted by Gasteiger charge is 2.24. The molecule has 0 radical (unpaired) electrons. The van der Waals surface area contributed by atoms with E-state index in [9.17, 15) is 4.79 Å². The van der Waals surface area contributed by atoms with E-state index < -0.39 is 0 Å². The minimum Gasteiger partial charge on any atom is -0.468 e. The third kappa shape index (κ3) is 5.83. The third-order valence-electron chi connectivity index (χ3n) is 4.19. The molecule has 0 unspecified atom stereocenters. The molecule has 1 aromatic heterocycles. The van der Waals surface area contributed by atoms with Gasteiger partial charge in [0.15, 0.2) is 0 Å². The molecule has 2 aromatic rings. The summed E-state index contributed by atoms with van der Waals surface area (Å²) in [5, 5.41) is 3.09. The fraction of sp³-hybridized carbons (Fsp3) is 0.421. The molecule has 3 rings (SSSR count). The number of benzene rings is 1. The van der Waals surface area contributed by atoms with Crippen LogP contribution in [0.15, 0.2) is 58.0 Å². The molecule has 0 aliphatic carbocycles. The minimum absolute atomic E-state index is 0.103. The molecule has 1 amide bonds. The molecule has 134 valence electrons. The van der Waals surface area contributed by atoms with E-state index in [2.05, 4.69) is 22.3 Å². The van der Waals surface area contributed by atoms with Crippen molar-refractivity contribution in [2.24, 2.45) is 0 Å². The largest absolute Gasteiger partial charge is 0.468 e. The highest BCUT2D eigenvalue weighted by molar-refractivity contribution is 7.99. The van der Waals surface area contributed by atoms with Gasteiger partial charge in [0, 0.05) is 48.2 Å². The SMILES string of the molecule is O=C(CCSc1ccccc1)NC[C@H](c1ccco1)N1CCSCC1. The Bertz CT molecular complexity index is 628. The Morgan fingerprint density at radius 2 is 2.00 bits per heavy atom. The molecule has 1 saturated heterocycles. The molecule has 1 aromatic carbocycles. The molecule has 1 aliphatic rings. The first-order valence-corrected chi connectivity index (χ1v) is 10.8. The van der Waals surface area contributed by atoms with E-state index in [0.717, 1.165) is 36.1 Å². The second-order valence-electron chi connectivity index (χ2n) is 5.90.